The first kappa shape index (κ1) is 6.77. The molecule has 0 aliphatic carbocycles. The minimum absolute atomic E-state index is 0.209. The maximum absolute atomic E-state index is 5.56. The van der Waals surface area contributed by atoms with Crippen molar-refractivity contribution in [3.05, 3.63) is 0 Å². The zero-order chi connectivity index (χ0) is 5.98. The molecule has 0 aromatic heterocycles. The monoisotopic (exact) mass is 149 g/mol. The van der Waals surface area contributed by atoms with Crippen molar-refractivity contribution in [3.8, 4) is 0 Å². The van der Waals surface area contributed by atoms with Gasteiger partial charge in [-0.2, -0.15) is 22.9 Å². The van der Waals surface area contributed by atoms with Gasteiger partial charge in [0.15, 0.2) is 0 Å². The Hall–Kier alpha value is 0.655. The third kappa shape index (κ3) is 1.87. The smallest absolute Gasteiger partial charge is 0.360 e. The Morgan fingerprint density at radius 3 is 1.88 bits per heavy atom. The van der Waals surface area contributed by atoms with Crippen LogP contribution in [0.1, 0.15) is 0 Å². The van der Waals surface area contributed by atoms with Crippen molar-refractivity contribution in [2.45, 2.75) is 0 Å². The molecule has 0 saturated carbocycles. The zero-order valence-electron chi connectivity index (χ0n) is 4.12. The van der Waals surface area contributed by atoms with E-state index in [9.17, 15) is 0 Å². The van der Waals surface area contributed by atoms with E-state index < -0.39 is 0 Å². The lowest BCUT2D eigenvalue weighted by atomic mass is 9.83. The molecule has 0 atom stereocenters. The lowest BCUT2D eigenvalue weighted by Gasteiger charge is -2.18. The second-order valence-electron chi connectivity index (χ2n) is 1.48. The van der Waals surface area contributed by atoms with Crippen LogP contribution in [0.3, 0.4) is 0 Å². The molecule has 0 bridgehead atoms. The quantitative estimate of drug-likeness (QED) is 0.366. The first-order valence-electron chi connectivity index (χ1n) is 2.30. The first-order valence-corrected chi connectivity index (χ1v) is 3.17. The number of hydrogen-bond acceptors (Lipinski definition) is 3. The molecular weight excluding hydrogens is 145 g/mol. The fourth-order valence-electron chi connectivity index (χ4n) is 0.484. The van der Waals surface area contributed by atoms with Crippen LogP contribution in [0.25, 0.3) is 0 Å². The average molecular weight is 149 g/mol. The van der Waals surface area contributed by atoms with Crippen LogP contribution < -0.4 is 15.4 Å². The van der Waals surface area contributed by atoms with E-state index in [1.54, 1.807) is 0 Å². The van der Waals surface area contributed by atoms with Gasteiger partial charge in [-0.05, 0) is 0 Å². The summed E-state index contributed by atoms with van der Waals surface area (Å²) in [6.45, 7) is 0. The van der Waals surface area contributed by atoms with Gasteiger partial charge in [0.1, 0.15) is 0 Å². The standard InChI is InChI=1S/B3Cl2H4N3/c4-2-6-1-7-3(5)8-2/h1,6-8H. The molecule has 42 valence electrons. The summed E-state index contributed by atoms with van der Waals surface area (Å²) in [7, 11) is 0.648. The van der Waals surface area contributed by atoms with Gasteiger partial charge in [0.25, 0.3) is 7.55 Å². The highest BCUT2D eigenvalue weighted by molar-refractivity contribution is 7.19. The maximum atomic E-state index is 5.56. The minimum Gasteiger partial charge on any atom is -0.360 e. The molecule has 0 radical (unpaired) electrons. The van der Waals surface area contributed by atoms with E-state index >= 15 is 0 Å². The molecule has 0 aromatic rings. The van der Waals surface area contributed by atoms with Crippen LogP contribution in [-0.2, 0) is 0 Å². The van der Waals surface area contributed by atoms with Crippen molar-refractivity contribution in [2.24, 2.45) is 0 Å². The van der Waals surface area contributed by atoms with Crippen LogP contribution in [0, 0.1) is 0 Å². The van der Waals surface area contributed by atoms with E-state index in [0.29, 0.717) is 7.55 Å². The highest BCUT2D eigenvalue weighted by Crippen LogP contribution is 1.86. The van der Waals surface area contributed by atoms with Crippen LogP contribution in [-0.4, -0.2) is 20.3 Å². The minimum atomic E-state index is -0.209. The highest BCUT2D eigenvalue weighted by atomic mass is 35.5. The van der Waals surface area contributed by atoms with Crippen LogP contribution in [0.15, 0.2) is 0 Å². The topological polar surface area (TPSA) is 36.1 Å². The Bertz CT molecular complexity index is 70.9. The predicted octanol–water partition coefficient (Wildman–Crippen LogP) is -1.52. The van der Waals surface area contributed by atoms with Crippen molar-refractivity contribution in [1.29, 1.82) is 0 Å². The first-order chi connectivity index (χ1) is 3.79. The van der Waals surface area contributed by atoms with Gasteiger partial charge in [-0.25, -0.2) is 0 Å². The largest absolute Gasteiger partial charge is 0.394 e. The van der Waals surface area contributed by atoms with Crippen molar-refractivity contribution in [1.82, 2.24) is 15.4 Å². The van der Waals surface area contributed by atoms with Crippen LogP contribution >= 0.6 is 22.9 Å². The van der Waals surface area contributed by atoms with Gasteiger partial charge in [-0.1, -0.05) is 0 Å². The summed E-state index contributed by atoms with van der Waals surface area (Å²) < 4.78 is 0. The fourth-order valence-corrected chi connectivity index (χ4v) is 0.955. The molecule has 0 amide bonds. The molecule has 1 heterocycles. The summed E-state index contributed by atoms with van der Waals surface area (Å²) in [5.41, 5.74) is 0. The van der Waals surface area contributed by atoms with Crippen molar-refractivity contribution in [2.75, 3.05) is 0 Å². The molecule has 8 heteroatoms. The second kappa shape index (κ2) is 2.99. The Morgan fingerprint density at radius 1 is 1.12 bits per heavy atom. The summed E-state index contributed by atoms with van der Waals surface area (Å²) in [6, 6.07) is 0. The molecule has 0 spiro atoms. The van der Waals surface area contributed by atoms with Gasteiger partial charge < -0.3 is 15.4 Å². The molecular formula is H4B3Cl2N3. The van der Waals surface area contributed by atoms with E-state index in [1.165, 1.54) is 0 Å². The number of nitrogens with one attached hydrogen (secondary N) is 3. The number of hydrogen-bond donors (Lipinski definition) is 3. The zero-order valence-corrected chi connectivity index (χ0v) is 5.63. The Morgan fingerprint density at radius 2 is 1.62 bits per heavy atom. The van der Waals surface area contributed by atoms with Gasteiger partial charge in [0.05, 0.1) is 0 Å². The number of rotatable bonds is 0. The third-order valence-electron chi connectivity index (χ3n) is 0.855. The van der Waals surface area contributed by atoms with Gasteiger partial charge in [0.2, 0.25) is 0 Å². The van der Waals surface area contributed by atoms with E-state index in [4.69, 9.17) is 22.9 Å². The van der Waals surface area contributed by atoms with Crippen molar-refractivity contribution >= 4 is 43.3 Å². The summed E-state index contributed by atoms with van der Waals surface area (Å²) >= 11 is 11.1. The van der Waals surface area contributed by atoms with Crippen molar-refractivity contribution < 1.29 is 0 Å². The van der Waals surface area contributed by atoms with E-state index in [1.807, 2.05) is 0 Å². The van der Waals surface area contributed by atoms with Crippen molar-refractivity contribution in [3.63, 3.8) is 0 Å². The normalized spacial score (nSPS) is 20.8. The second-order valence-corrected chi connectivity index (χ2v) is 2.35. The molecule has 1 aliphatic rings. The predicted molar refractivity (Wildman–Crippen MR) is 39.8 cm³/mol. The molecule has 1 saturated heterocycles. The van der Waals surface area contributed by atoms with Gasteiger partial charge in [0, 0.05) is 0 Å². The summed E-state index contributed by atoms with van der Waals surface area (Å²) in [6.07, 6.45) is -0.419. The molecule has 3 nitrogen and oxygen atoms in total. The SMILES string of the molecule is ClB1NBNB(Cl)N1. The summed E-state index contributed by atoms with van der Waals surface area (Å²) in [5, 5.41) is 8.53. The molecule has 1 fully saturated rings. The van der Waals surface area contributed by atoms with Crippen LogP contribution in [0.4, 0.5) is 0 Å². The fraction of sp³-hybridized carbons (Fsp3) is 0. The molecule has 1 rings (SSSR count). The molecule has 3 N–H and O–H groups in total. The summed E-state index contributed by atoms with van der Waals surface area (Å²) in [4.78, 5) is 0. The Balaban J connectivity index is 2.23. The average Bonchev–Trinajstić information content (AvgIpc) is 1.64. The van der Waals surface area contributed by atoms with Gasteiger partial charge in [-0.3, -0.25) is 0 Å². The molecule has 1 aliphatic heterocycles. The number of halogens is 2. The maximum Gasteiger partial charge on any atom is 0.394 e. The highest BCUT2D eigenvalue weighted by Gasteiger charge is 2.23. The lowest BCUT2D eigenvalue weighted by molar-refractivity contribution is 1.26. The van der Waals surface area contributed by atoms with Gasteiger partial charge in [-0.15, -0.1) is 0 Å². The van der Waals surface area contributed by atoms with E-state index in [2.05, 4.69) is 15.4 Å². The molecule has 8 heavy (non-hydrogen) atoms. The van der Waals surface area contributed by atoms with E-state index in [0.717, 1.165) is 0 Å². The Kier molecular flexibility index (Phi) is 2.53. The van der Waals surface area contributed by atoms with Crippen LogP contribution in [0.5, 0.6) is 0 Å². The van der Waals surface area contributed by atoms with Gasteiger partial charge >= 0.3 is 12.8 Å². The summed E-state index contributed by atoms with van der Waals surface area (Å²) in [5.74, 6) is 0. The van der Waals surface area contributed by atoms with E-state index in [-0.39, 0.29) is 12.8 Å². The Labute approximate surface area is 59.2 Å². The van der Waals surface area contributed by atoms with Crippen LogP contribution in [0.2, 0.25) is 0 Å². The molecule has 0 unspecified atom stereocenters. The third-order valence-corrected chi connectivity index (χ3v) is 1.42. The lowest BCUT2D eigenvalue weighted by Crippen LogP contribution is -2.65. The molecule has 0 aromatic carbocycles.